The van der Waals surface area contributed by atoms with Crippen LogP contribution in [0, 0.1) is 0 Å². The number of nitrogens with one attached hydrogen (secondary N) is 2. The standard InChI is InChI=1S/C19H19N5S/c1-12(13-5-3-2-4-6-13)23-15-9-10-21-17(15)18(20)24-19-22-11-16(25-19)14-7-8-14/h2-6,9-11,14,21H,1,7-8,20H2,(H,22,24)/b18-17-,23-15-. The van der Waals surface area contributed by atoms with E-state index in [0.717, 1.165) is 22.1 Å². The molecule has 1 fully saturated rings. The van der Waals surface area contributed by atoms with Crippen molar-refractivity contribution in [3.63, 3.8) is 0 Å². The molecular formula is C19H19N5S. The van der Waals surface area contributed by atoms with Crippen molar-refractivity contribution < 1.29 is 0 Å². The van der Waals surface area contributed by atoms with Gasteiger partial charge in [-0.1, -0.05) is 36.9 Å². The van der Waals surface area contributed by atoms with Crippen LogP contribution < -0.4 is 16.4 Å². The Morgan fingerprint density at radius 3 is 2.88 bits per heavy atom. The van der Waals surface area contributed by atoms with Crippen LogP contribution in [0.4, 0.5) is 5.13 Å². The molecule has 0 bridgehead atoms. The van der Waals surface area contributed by atoms with E-state index in [1.807, 2.05) is 48.8 Å². The second-order valence-corrected chi connectivity index (χ2v) is 7.11. The molecule has 5 nitrogen and oxygen atoms in total. The number of anilines is 1. The van der Waals surface area contributed by atoms with E-state index in [0.29, 0.717) is 17.4 Å². The highest BCUT2D eigenvalue weighted by Crippen LogP contribution is 2.43. The molecule has 0 radical (unpaired) electrons. The van der Waals surface area contributed by atoms with Crippen LogP contribution in [0.5, 0.6) is 0 Å². The van der Waals surface area contributed by atoms with Crippen molar-refractivity contribution in [1.29, 1.82) is 0 Å². The number of benzene rings is 1. The van der Waals surface area contributed by atoms with Crippen molar-refractivity contribution in [1.82, 2.24) is 10.3 Å². The summed E-state index contributed by atoms with van der Waals surface area (Å²) in [5, 5.41) is 7.13. The first kappa shape index (κ1) is 15.7. The first-order valence-corrected chi connectivity index (χ1v) is 9.01. The van der Waals surface area contributed by atoms with E-state index >= 15 is 0 Å². The van der Waals surface area contributed by atoms with Gasteiger partial charge in [0.05, 0.1) is 11.4 Å². The van der Waals surface area contributed by atoms with Crippen molar-refractivity contribution >= 4 is 27.9 Å². The molecule has 0 spiro atoms. The van der Waals surface area contributed by atoms with Crippen LogP contribution in [0.2, 0.25) is 0 Å². The van der Waals surface area contributed by atoms with Gasteiger partial charge in [0.2, 0.25) is 0 Å². The SMILES string of the molecule is C=C(/N=C1/C=CN/C1=C(/N)Nc1ncc(C2CC2)s1)c1ccccc1. The number of thiazole rings is 1. The van der Waals surface area contributed by atoms with Crippen LogP contribution in [0.25, 0.3) is 5.70 Å². The highest BCUT2D eigenvalue weighted by Gasteiger charge is 2.26. The van der Waals surface area contributed by atoms with E-state index in [1.54, 1.807) is 11.3 Å². The van der Waals surface area contributed by atoms with Crippen molar-refractivity contribution in [3.05, 3.63) is 77.3 Å². The maximum absolute atomic E-state index is 6.24. The maximum atomic E-state index is 6.24. The number of nitrogens with two attached hydrogens (primary N) is 1. The van der Waals surface area contributed by atoms with E-state index in [2.05, 4.69) is 27.2 Å². The van der Waals surface area contributed by atoms with Gasteiger partial charge in [-0.25, -0.2) is 9.98 Å². The third-order valence-corrected chi connectivity index (χ3v) is 5.18. The molecule has 0 amide bonds. The topological polar surface area (TPSA) is 75.3 Å². The van der Waals surface area contributed by atoms with Gasteiger partial charge < -0.3 is 16.4 Å². The Morgan fingerprint density at radius 1 is 1.32 bits per heavy atom. The highest BCUT2D eigenvalue weighted by atomic mass is 32.1. The zero-order valence-electron chi connectivity index (χ0n) is 13.7. The normalized spacial score (nSPS) is 19.8. The average molecular weight is 349 g/mol. The second kappa shape index (κ2) is 6.57. The maximum Gasteiger partial charge on any atom is 0.188 e. The fraction of sp³-hybridized carbons (Fsp3) is 0.158. The third-order valence-electron chi connectivity index (χ3n) is 4.10. The van der Waals surface area contributed by atoms with Gasteiger partial charge in [0, 0.05) is 17.3 Å². The van der Waals surface area contributed by atoms with Gasteiger partial charge >= 0.3 is 0 Å². The molecule has 0 saturated heterocycles. The largest absolute Gasteiger partial charge is 0.383 e. The first-order chi connectivity index (χ1) is 12.2. The van der Waals surface area contributed by atoms with Crippen LogP contribution >= 0.6 is 11.3 Å². The van der Waals surface area contributed by atoms with Gasteiger partial charge in [-0.3, -0.25) is 0 Å². The molecule has 1 aromatic carbocycles. The fourth-order valence-electron chi connectivity index (χ4n) is 2.59. The van der Waals surface area contributed by atoms with E-state index < -0.39 is 0 Å². The average Bonchev–Trinajstić information content (AvgIpc) is 3.20. The second-order valence-electron chi connectivity index (χ2n) is 6.04. The molecule has 25 heavy (non-hydrogen) atoms. The molecule has 6 heteroatoms. The van der Waals surface area contributed by atoms with Crippen LogP contribution in [0.1, 0.15) is 29.2 Å². The summed E-state index contributed by atoms with van der Waals surface area (Å²) in [7, 11) is 0. The summed E-state index contributed by atoms with van der Waals surface area (Å²) in [5.41, 5.74) is 9.40. The van der Waals surface area contributed by atoms with Gasteiger partial charge in [0.1, 0.15) is 11.5 Å². The van der Waals surface area contributed by atoms with Gasteiger partial charge in [-0.05, 0) is 30.4 Å². The van der Waals surface area contributed by atoms with E-state index in [1.165, 1.54) is 17.7 Å². The summed E-state index contributed by atoms with van der Waals surface area (Å²) in [6, 6.07) is 9.88. The number of allylic oxidation sites excluding steroid dienone is 1. The lowest BCUT2D eigenvalue weighted by atomic mass is 10.2. The van der Waals surface area contributed by atoms with Crippen molar-refractivity contribution in [2.24, 2.45) is 10.7 Å². The van der Waals surface area contributed by atoms with Gasteiger partial charge in [-0.15, -0.1) is 11.3 Å². The summed E-state index contributed by atoms with van der Waals surface area (Å²) >= 11 is 1.66. The Morgan fingerprint density at radius 2 is 2.12 bits per heavy atom. The fourth-order valence-corrected chi connectivity index (χ4v) is 3.59. The predicted molar refractivity (Wildman–Crippen MR) is 104 cm³/mol. The molecule has 4 rings (SSSR count). The predicted octanol–water partition coefficient (Wildman–Crippen LogP) is 3.79. The Hall–Kier alpha value is -2.86. The number of aromatic nitrogens is 1. The molecule has 1 aliphatic heterocycles. The number of hydrogen-bond donors (Lipinski definition) is 3. The number of aliphatic imine (C=N–C) groups is 1. The Balaban J connectivity index is 1.54. The summed E-state index contributed by atoms with van der Waals surface area (Å²) in [6.07, 6.45) is 8.17. The van der Waals surface area contributed by atoms with E-state index in [9.17, 15) is 0 Å². The van der Waals surface area contributed by atoms with Crippen LogP contribution in [-0.4, -0.2) is 10.7 Å². The molecule has 0 atom stereocenters. The van der Waals surface area contributed by atoms with Crippen molar-refractivity contribution in [2.75, 3.05) is 5.32 Å². The van der Waals surface area contributed by atoms with Gasteiger partial charge in [-0.2, -0.15) is 0 Å². The molecule has 4 N–H and O–H groups in total. The molecule has 1 aliphatic carbocycles. The Bertz CT molecular complexity index is 888. The van der Waals surface area contributed by atoms with Crippen molar-refractivity contribution in [3.8, 4) is 0 Å². The van der Waals surface area contributed by atoms with Crippen LogP contribution in [0.15, 0.2) is 71.9 Å². The Kier molecular flexibility index (Phi) is 4.11. The van der Waals surface area contributed by atoms with E-state index in [-0.39, 0.29) is 0 Å². The molecule has 0 unspecified atom stereocenters. The summed E-state index contributed by atoms with van der Waals surface area (Å²) < 4.78 is 0. The molecular weight excluding hydrogens is 330 g/mol. The lowest BCUT2D eigenvalue weighted by Crippen LogP contribution is -2.20. The monoisotopic (exact) mass is 349 g/mol. The lowest BCUT2D eigenvalue weighted by molar-refractivity contribution is 1.10. The van der Waals surface area contributed by atoms with Crippen molar-refractivity contribution in [2.45, 2.75) is 18.8 Å². The Labute approximate surface area is 150 Å². The smallest absolute Gasteiger partial charge is 0.188 e. The zero-order valence-corrected chi connectivity index (χ0v) is 14.5. The lowest BCUT2D eigenvalue weighted by Gasteiger charge is -2.09. The number of rotatable bonds is 5. The quantitative estimate of drug-likeness (QED) is 0.768. The molecule has 2 aliphatic rings. The van der Waals surface area contributed by atoms with Crippen LogP contribution in [-0.2, 0) is 0 Å². The highest BCUT2D eigenvalue weighted by molar-refractivity contribution is 7.15. The minimum Gasteiger partial charge on any atom is -0.383 e. The molecule has 2 heterocycles. The zero-order chi connectivity index (χ0) is 17.2. The minimum atomic E-state index is 0.501. The first-order valence-electron chi connectivity index (χ1n) is 8.19. The van der Waals surface area contributed by atoms with E-state index in [4.69, 9.17) is 5.73 Å². The minimum absolute atomic E-state index is 0.501. The molecule has 2 aromatic rings. The van der Waals surface area contributed by atoms with Crippen LogP contribution in [0.3, 0.4) is 0 Å². The summed E-state index contributed by atoms with van der Waals surface area (Å²) in [5.74, 6) is 1.20. The summed E-state index contributed by atoms with van der Waals surface area (Å²) in [6.45, 7) is 4.05. The summed E-state index contributed by atoms with van der Waals surface area (Å²) in [4.78, 5) is 10.3. The number of hydrogen-bond acceptors (Lipinski definition) is 6. The third kappa shape index (κ3) is 3.49. The molecule has 1 saturated carbocycles. The number of nitrogens with zero attached hydrogens (tertiary/aromatic N) is 2. The van der Waals surface area contributed by atoms with Gasteiger partial charge in [0.15, 0.2) is 5.13 Å². The van der Waals surface area contributed by atoms with Gasteiger partial charge in [0.25, 0.3) is 0 Å². The molecule has 1 aromatic heterocycles. The molecule has 126 valence electrons.